The molecule has 29 heavy (non-hydrogen) atoms. The summed E-state index contributed by atoms with van der Waals surface area (Å²) < 4.78 is 1.96. The number of benzene rings is 2. The zero-order valence-electron chi connectivity index (χ0n) is 17.1. The Labute approximate surface area is 171 Å². The van der Waals surface area contributed by atoms with Gasteiger partial charge in [0.25, 0.3) is 5.91 Å². The number of aromatic nitrogens is 2. The second kappa shape index (κ2) is 7.66. The van der Waals surface area contributed by atoms with Gasteiger partial charge in [0.1, 0.15) is 6.33 Å². The maximum absolute atomic E-state index is 11.8. The summed E-state index contributed by atoms with van der Waals surface area (Å²) in [4.78, 5) is 21.0. The van der Waals surface area contributed by atoms with Crippen molar-refractivity contribution in [3.05, 3.63) is 82.4 Å². The van der Waals surface area contributed by atoms with Crippen LogP contribution in [0.15, 0.2) is 53.8 Å². The van der Waals surface area contributed by atoms with Gasteiger partial charge < -0.3 is 5.73 Å². The zero-order chi connectivity index (χ0) is 20.5. The van der Waals surface area contributed by atoms with Crippen molar-refractivity contribution < 1.29 is 4.79 Å². The Bertz CT molecular complexity index is 1110. The summed E-state index contributed by atoms with van der Waals surface area (Å²) in [6.45, 7) is 6.47. The van der Waals surface area contributed by atoms with Crippen molar-refractivity contribution in [2.75, 3.05) is 0 Å². The number of amides is 1. The van der Waals surface area contributed by atoms with Crippen LogP contribution in [0.1, 0.15) is 71.0 Å². The quantitative estimate of drug-likeness (QED) is 0.718. The molecule has 1 fully saturated rings. The van der Waals surface area contributed by atoms with Gasteiger partial charge in [-0.3, -0.25) is 14.4 Å². The minimum Gasteiger partial charge on any atom is -0.364 e. The van der Waals surface area contributed by atoms with Crippen molar-refractivity contribution in [1.82, 2.24) is 9.55 Å². The second-order valence-corrected chi connectivity index (χ2v) is 7.30. The molecule has 0 saturated heterocycles. The minimum atomic E-state index is -0.519. The molecule has 0 atom stereocenters. The Morgan fingerprint density at radius 2 is 1.86 bits per heavy atom. The molecule has 2 aliphatic rings. The lowest BCUT2D eigenvalue weighted by Gasteiger charge is -2.15. The normalized spacial score (nSPS) is 14.7. The first-order chi connectivity index (χ1) is 14.1. The van der Waals surface area contributed by atoms with Gasteiger partial charge in [-0.1, -0.05) is 44.2 Å². The number of rotatable bonds is 3. The van der Waals surface area contributed by atoms with Gasteiger partial charge in [0.05, 0.1) is 23.6 Å². The van der Waals surface area contributed by atoms with E-state index in [2.05, 4.69) is 42.2 Å². The average Bonchev–Trinajstić information content (AvgIpc) is 3.52. The third-order valence-electron chi connectivity index (χ3n) is 5.47. The summed E-state index contributed by atoms with van der Waals surface area (Å²) >= 11 is 0. The fourth-order valence-electron chi connectivity index (χ4n) is 3.87. The van der Waals surface area contributed by atoms with Crippen molar-refractivity contribution in [3.63, 3.8) is 0 Å². The van der Waals surface area contributed by atoms with Crippen molar-refractivity contribution in [3.8, 4) is 5.69 Å². The molecule has 1 saturated carbocycles. The largest absolute Gasteiger partial charge is 0.364 e. The highest BCUT2D eigenvalue weighted by Crippen LogP contribution is 2.41. The first kappa shape index (κ1) is 19.1. The number of hydrogen-bond donors (Lipinski definition) is 1. The molecule has 0 bridgehead atoms. The van der Waals surface area contributed by atoms with Crippen LogP contribution in [-0.2, 0) is 6.54 Å². The van der Waals surface area contributed by atoms with E-state index in [1.807, 2.05) is 30.5 Å². The summed E-state index contributed by atoms with van der Waals surface area (Å²) in [6.07, 6.45) is 4.18. The van der Waals surface area contributed by atoms with Crippen LogP contribution in [0.2, 0.25) is 0 Å². The Morgan fingerprint density at radius 1 is 1.10 bits per heavy atom. The molecule has 3 aromatic rings. The molecule has 1 aromatic heterocycles. The fraction of sp³-hybridized carbons (Fsp3) is 0.292. The van der Waals surface area contributed by atoms with Gasteiger partial charge in [0, 0.05) is 11.1 Å². The number of nitrogens with zero attached hydrogens (tertiary/aromatic N) is 3. The van der Waals surface area contributed by atoms with Crippen LogP contribution >= 0.6 is 0 Å². The van der Waals surface area contributed by atoms with Gasteiger partial charge in [-0.15, -0.1) is 0 Å². The molecule has 5 nitrogen and oxygen atoms in total. The van der Waals surface area contributed by atoms with Crippen LogP contribution in [0.4, 0.5) is 0 Å². The lowest BCUT2D eigenvalue weighted by molar-refractivity contribution is 0.0995. The van der Waals surface area contributed by atoms with E-state index >= 15 is 0 Å². The molecule has 0 unspecified atom stereocenters. The number of hydrogen-bond acceptors (Lipinski definition) is 3. The van der Waals surface area contributed by atoms with Crippen LogP contribution in [0.5, 0.6) is 0 Å². The van der Waals surface area contributed by atoms with Gasteiger partial charge in [0.2, 0.25) is 0 Å². The Hall–Kier alpha value is -3.21. The average molecular weight is 386 g/mol. The molecule has 0 spiro atoms. The molecule has 2 heterocycles. The van der Waals surface area contributed by atoms with Gasteiger partial charge in [-0.2, -0.15) is 0 Å². The first-order valence-corrected chi connectivity index (χ1v) is 10.2. The topological polar surface area (TPSA) is 73.3 Å². The van der Waals surface area contributed by atoms with Crippen molar-refractivity contribution in [1.29, 1.82) is 0 Å². The lowest BCUT2D eigenvalue weighted by atomic mass is 9.94. The smallest absolute Gasteiger partial charge is 0.269 e. The zero-order valence-corrected chi connectivity index (χ0v) is 17.1. The van der Waals surface area contributed by atoms with Gasteiger partial charge in [-0.05, 0) is 48.9 Å². The predicted molar refractivity (Wildman–Crippen MR) is 116 cm³/mol. The highest BCUT2D eigenvalue weighted by molar-refractivity contribution is 6.16. The molecular formula is C24H26N4O. The Balaban J connectivity index is 0.000000994. The second-order valence-electron chi connectivity index (χ2n) is 7.30. The van der Waals surface area contributed by atoms with E-state index in [0.29, 0.717) is 18.2 Å². The van der Waals surface area contributed by atoms with E-state index in [4.69, 9.17) is 10.7 Å². The number of fused-ring (bicyclic) bond motifs is 3. The predicted octanol–water partition coefficient (Wildman–Crippen LogP) is 4.53. The molecule has 1 aliphatic heterocycles. The SMILES string of the molecule is CC.Cc1ccccc1C1=NCc2c(C(N)=O)ncn2-c2ccc(C3CC3)cc21. The van der Waals surface area contributed by atoms with Gasteiger partial charge >= 0.3 is 0 Å². The summed E-state index contributed by atoms with van der Waals surface area (Å²) in [7, 11) is 0. The molecule has 5 heteroatoms. The molecule has 1 amide bonds. The number of aryl methyl sites for hydroxylation is 1. The summed E-state index contributed by atoms with van der Waals surface area (Å²) in [5, 5.41) is 0. The molecule has 0 radical (unpaired) electrons. The first-order valence-electron chi connectivity index (χ1n) is 10.2. The number of primary amides is 1. The molecule has 1 aliphatic carbocycles. The van der Waals surface area contributed by atoms with Crippen molar-refractivity contribution in [2.45, 2.75) is 46.1 Å². The van der Waals surface area contributed by atoms with Gasteiger partial charge in [0.15, 0.2) is 5.69 Å². The van der Waals surface area contributed by atoms with E-state index in [1.165, 1.54) is 24.0 Å². The van der Waals surface area contributed by atoms with Crippen molar-refractivity contribution in [2.24, 2.45) is 10.7 Å². The number of carbonyl (C=O) groups is 1. The van der Waals surface area contributed by atoms with E-state index in [1.54, 1.807) is 6.33 Å². The number of aliphatic imine (C=N–C) groups is 1. The Kier molecular flexibility index (Phi) is 5.05. The summed E-state index contributed by atoms with van der Waals surface area (Å²) in [6, 6.07) is 14.9. The monoisotopic (exact) mass is 386 g/mol. The maximum Gasteiger partial charge on any atom is 0.269 e. The lowest BCUT2D eigenvalue weighted by Crippen LogP contribution is -2.14. The van der Waals surface area contributed by atoms with Crippen LogP contribution in [-0.4, -0.2) is 21.2 Å². The van der Waals surface area contributed by atoms with Crippen LogP contribution in [0.25, 0.3) is 5.69 Å². The number of imidazole rings is 1. The van der Waals surface area contributed by atoms with E-state index < -0.39 is 5.91 Å². The molecule has 2 N–H and O–H groups in total. The van der Waals surface area contributed by atoms with Crippen LogP contribution in [0.3, 0.4) is 0 Å². The third kappa shape index (κ3) is 3.37. The molecule has 2 aromatic carbocycles. The summed E-state index contributed by atoms with van der Waals surface area (Å²) in [5.74, 6) is 0.134. The fourth-order valence-corrected chi connectivity index (χ4v) is 3.87. The van der Waals surface area contributed by atoms with Crippen molar-refractivity contribution >= 4 is 11.6 Å². The van der Waals surface area contributed by atoms with Crippen LogP contribution < -0.4 is 5.73 Å². The van der Waals surface area contributed by atoms with Crippen LogP contribution in [0, 0.1) is 6.92 Å². The Morgan fingerprint density at radius 3 is 2.55 bits per heavy atom. The van der Waals surface area contributed by atoms with E-state index in [9.17, 15) is 4.79 Å². The van der Waals surface area contributed by atoms with Gasteiger partial charge in [-0.25, -0.2) is 4.98 Å². The van der Waals surface area contributed by atoms with E-state index in [-0.39, 0.29) is 0 Å². The number of carbonyl (C=O) groups excluding carboxylic acids is 1. The highest BCUT2D eigenvalue weighted by atomic mass is 16.1. The third-order valence-corrected chi connectivity index (χ3v) is 5.47. The standard InChI is InChI=1S/C22H20N4O.C2H6/c1-13-4-2-3-5-16(13)20-17-10-15(14-6-7-14)8-9-18(17)26-12-25-21(22(23)27)19(26)11-24-20;1-2/h2-5,8-10,12,14H,6-7,11H2,1H3,(H2,23,27);1-2H3. The minimum absolute atomic E-state index is 0.294. The molecule has 5 rings (SSSR count). The molecular weight excluding hydrogens is 360 g/mol. The summed E-state index contributed by atoms with van der Waals surface area (Å²) in [5.41, 5.74) is 13.3. The molecule has 148 valence electrons. The highest BCUT2D eigenvalue weighted by Gasteiger charge is 2.28. The van der Waals surface area contributed by atoms with E-state index in [0.717, 1.165) is 28.2 Å². The number of nitrogens with two attached hydrogens (primary N) is 1. The maximum atomic E-state index is 11.8.